The predicted octanol–water partition coefficient (Wildman–Crippen LogP) is 3.80. The van der Waals surface area contributed by atoms with Crippen LogP contribution in [0.3, 0.4) is 0 Å². The molecule has 2 N–H and O–H groups in total. The minimum atomic E-state index is -0.114. The third kappa shape index (κ3) is 7.83. The largest absolute Gasteiger partial charge is 0.356 e. The van der Waals surface area contributed by atoms with E-state index in [9.17, 15) is 14.4 Å². The zero-order valence-electron chi connectivity index (χ0n) is 16.5. The summed E-state index contributed by atoms with van der Waals surface area (Å²) in [5.41, 5.74) is 0. The normalized spacial score (nSPS) is 22.2. The van der Waals surface area contributed by atoms with Crippen molar-refractivity contribution in [2.24, 2.45) is 17.8 Å². The van der Waals surface area contributed by atoms with Crippen molar-refractivity contribution in [3.05, 3.63) is 22.4 Å². The van der Waals surface area contributed by atoms with E-state index in [4.69, 9.17) is 0 Å². The first-order chi connectivity index (χ1) is 13.0. The number of rotatable bonds is 10. The molecule has 1 aliphatic rings. The highest BCUT2D eigenvalue weighted by Crippen LogP contribution is 2.34. The molecule has 3 atom stereocenters. The van der Waals surface area contributed by atoms with Crippen LogP contribution in [-0.2, 0) is 9.59 Å². The van der Waals surface area contributed by atoms with E-state index in [1.54, 1.807) is 6.07 Å². The van der Waals surface area contributed by atoms with Crippen molar-refractivity contribution in [1.29, 1.82) is 0 Å². The van der Waals surface area contributed by atoms with Crippen LogP contribution >= 0.6 is 11.3 Å². The lowest BCUT2D eigenvalue weighted by molar-refractivity contribution is -0.122. The standard InChI is InChI=1S/C21H32N2O3S/c1-15-6-7-17(13-16(15)2)14-21(26)23-11-4-10-22-20(25)9-8-18(24)19-5-3-12-27-19/h3,5,12,15-17H,4,6-11,13-14H2,1-2H3,(H,22,25)(H,23,26). The van der Waals surface area contributed by atoms with Gasteiger partial charge >= 0.3 is 0 Å². The summed E-state index contributed by atoms with van der Waals surface area (Å²) in [6.45, 7) is 5.68. The van der Waals surface area contributed by atoms with E-state index in [0.29, 0.717) is 42.6 Å². The number of Topliss-reactive ketones (excluding diaryl/α,β-unsaturated/α-hetero) is 1. The Hall–Kier alpha value is -1.69. The molecule has 27 heavy (non-hydrogen) atoms. The maximum Gasteiger partial charge on any atom is 0.220 e. The summed E-state index contributed by atoms with van der Waals surface area (Å²) in [6, 6.07) is 3.61. The third-order valence-corrected chi connectivity index (χ3v) is 6.46. The minimum Gasteiger partial charge on any atom is -0.356 e. The molecule has 1 heterocycles. The van der Waals surface area contributed by atoms with Gasteiger partial charge in [-0.2, -0.15) is 0 Å². The summed E-state index contributed by atoms with van der Waals surface area (Å²) in [5, 5.41) is 7.62. The molecule has 1 fully saturated rings. The molecule has 1 aromatic rings. The highest BCUT2D eigenvalue weighted by atomic mass is 32.1. The Morgan fingerprint density at radius 3 is 2.44 bits per heavy atom. The molecule has 1 aromatic heterocycles. The van der Waals surface area contributed by atoms with Crippen LogP contribution in [0.4, 0.5) is 0 Å². The summed E-state index contributed by atoms with van der Waals surface area (Å²) >= 11 is 1.40. The zero-order chi connectivity index (χ0) is 19.6. The first-order valence-corrected chi connectivity index (χ1v) is 10.9. The van der Waals surface area contributed by atoms with E-state index in [0.717, 1.165) is 18.8 Å². The van der Waals surface area contributed by atoms with Crippen molar-refractivity contribution < 1.29 is 14.4 Å². The van der Waals surface area contributed by atoms with Gasteiger partial charge < -0.3 is 10.6 Å². The van der Waals surface area contributed by atoms with Gasteiger partial charge in [0, 0.05) is 32.4 Å². The van der Waals surface area contributed by atoms with Crippen LogP contribution in [0.1, 0.15) is 68.5 Å². The molecule has 0 aromatic carbocycles. The van der Waals surface area contributed by atoms with Crippen LogP contribution in [-0.4, -0.2) is 30.7 Å². The van der Waals surface area contributed by atoms with E-state index in [1.807, 2.05) is 11.4 Å². The van der Waals surface area contributed by atoms with E-state index >= 15 is 0 Å². The van der Waals surface area contributed by atoms with Gasteiger partial charge in [0.1, 0.15) is 0 Å². The van der Waals surface area contributed by atoms with Crippen LogP contribution in [0.15, 0.2) is 17.5 Å². The maximum atomic E-state index is 12.1. The zero-order valence-corrected chi connectivity index (χ0v) is 17.3. The molecule has 0 aliphatic heterocycles. The Bertz CT molecular complexity index is 615. The molecule has 1 aliphatic carbocycles. The number of carbonyl (C=O) groups excluding carboxylic acids is 3. The van der Waals surface area contributed by atoms with Gasteiger partial charge in [0.2, 0.25) is 11.8 Å². The molecule has 6 heteroatoms. The van der Waals surface area contributed by atoms with Gasteiger partial charge in [0.05, 0.1) is 4.88 Å². The summed E-state index contributed by atoms with van der Waals surface area (Å²) in [7, 11) is 0. The van der Waals surface area contributed by atoms with Crippen molar-refractivity contribution in [3.63, 3.8) is 0 Å². The molecule has 2 amide bonds. The Labute approximate surface area is 166 Å². The summed E-state index contributed by atoms with van der Waals surface area (Å²) < 4.78 is 0. The number of nitrogens with one attached hydrogen (secondary N) is 2. The number of carbonyl (C=O) groups is 3. The van der Waals surface area contributed by atoms with Crippen LogP contribution in [0.5, 0.6) is 0 Å². The third-order valence-electron chi connectivity index (χ3n) is 5.55. The Kier molecular flexibility index (Phi) is 8.98. The van der Waals surface area contributed by atoms with E-state index in [1.165, 1.54) is 17.8 Å². The highest BCUT2D eigenvalue weighted by molar-refractivity contribution is 7.12. The van der Waals surface area contributed by atoms with Gasteiger partial charge in [-0.05, 0) is 48.5 Å². The van der Waals surface area contributed by atoms with Crippen LogP contribution in [0.25, 0.3) is 0 Å². The lowest BCUT2D eigenvalue weighted by atomic mass is 9.75. The molecule has 150 valence electrons. The van der Waals surface area contributed by atoms with Crippen molar-refractivity contribution in [3.8, 4) is 0 Å². The Morgan fingerprint density at radius 2 is 1.78 bits per heavy atom. The van der Waals surface area contributed by atoms with Gasteiger partial charge in [-0.15, -0.1) is 11.3 Å². The average Bonchev–Trinajstić information content (AvgIpc) is 3.17. The first kappa shape index (κ1) is 21.6. The molecule has 5 nitrogen and oxygen atoms in total. The fourth-order valence-electron chi connectivity index (χ4n) is 3.60. The van der Waals surface area contributed by atoms with Gasteiger partial charge in [0.25, 0.3) is 0 Å². The molecular formula is C21H32N2O3S. The quantitative estimate of drug-likeness (QED) is 0.470. The van der Waals surface area contributed by atoms with Crippen LogP contribution in [0, 0.1) is 17.8 Å². The minimum absolute atomic E-state index is 0.0128. The van der Waals surface area contributed by atoms with Gasteiger partial charge in [-0.1, -0.05) is 26.3 Å². The fourth-order valence-corrected chi connectivity index (χ4v) is 4.29. The molecular weight excluding hydrogens is 360 g/mol. The fraction of sp³-hybridized carbons (Fsp3) is 0.667. The van der Waals surface area contributed by atoms with E-state index in [2.05, 4.69) is 24.5 Å². The van der Waals surface area contributed by atoms with Crippen molar-refractivity contribution in [2.45, 2.75) is 58.8 Å². The van der Waals surface area contributed by atoms with Crippen LogP contribution < -0.4 is 10.6 Å². The summed E-state index contributed by atoms with van der Waals surface area (Å²) in [5.74, 6) is 2.01. The van der Waals surface area contributed by atoms with E-state index in [-0.39, 0.29) is 30.4 Å². The van der Waals surface area contributed by atoms with Crippen LogP contribution in [0.2, 0.25) is 0 Å². The van der Waals surface area contributed by atoms with Crippen molar-refractivity contribution in [2.75, 3.05) is 13.1 Å². The lowest BCUT2D eigenvalue weighted by Gasteiger charge is -2.31. The lowest BCUT2D eigenvalue weighted by Crippen LogP contribution is -2.32. The van der Waals surface area contributed by atoms with Gasteiger partial charge in [0.15, 0.2) is 5.78 Å². The summed E-state index contributed by atoms with van der Waals surface area (Å²) in [4.78, 5) is 36.4. The first-order valence-electron chi connectivity index (χ1n) is 10.1. The van der Waals surface area contributed by atoms with Crippen molar-refractivity contribution >= 4 is 28.9 Å². The molecule has 0 radical (unpaired) electrons. The van der Waals surface area contributed by atoms with Gasteiger partial charge in [-0.3, -0.25) is 14.4 Å². The van der Waals surface area contributed by atoms with E-state index < -0.39 is 0 Å². The second-order valence-corrected chi connectivity index (χ2v) is 8.74. The van der Waals surface area contributed by atoms with Crippen molar-refractivity contribution in [1.82, 2.24) is 10.6 Å². The number of hydrogen-bond donors (Lipinski definition) is 2. The summed E-state index contributed by atoms with van der Waals surface area (Å²) in [6.07, 6.45) is 5.29. The second-order valence-electron chi connectivity index (χ2n) is 7.79. The Morgan fingerprint density at radius 1 is 1.04 bits per heavy atom. The molecule has 0 saturated heterocycles. The SMILES string of the molecule is CC1CCC(CC(=O)NCCCNC(=O)CCC(=O)c2cccs2)CC1C. The molecule has 3 unspecified atom stereocenters. The highest BCUT2D eigenvalue weighted by Gasteiger charge is 2.25. The Balaban J connectivity index is 1.49. The number of amides is 2. The maximum absolute atomic E-state index is 12.1. The molecule has 0 spiro atoms. The molecule has 2 rings (SSSR count). The second kappa shape index (κ2) is 11.2. The predicted molar refractivity (Wildman–Crippen MR) is 109 cm³/mol. The number of thiophene rings is 1. The number of ketones is 1. The molecule has 1 saturated carbocycles. The average molecular weight is 393 g/mol. The monoisotopic (exact) mass is 392 g/mol. The smallest absolute Gasteiger partial charge is 0.220 e. The van der Waals surface area contributed by atoms with Gasteiger partial charge in [-0.25, -0.2) is 0 Å². The topological polar surface area (TPSA) is 75.3 Å². The number of hydrogen-bond acceptors (Lipinski definition) is 4. The molecule has 0 bridgehead atoms.